The normalized spacial score (nSPS) is 14.2. The van der Waals surface area contributed by atoms with E-state index in [4.69, 9.17) is 10.5 Å². The minimum absolute atomic E-state index is 0.0451. The van der Waals surface area contributed by atoms with Gasteiger partial charge in [-0.2, -0.15) is 0 Å². The number of morpholine rings is 1. The Morgan fingerprint density at radius 3 is 2.47 bits per heavy atom. The molecule has 32 heavy (non-hydrogen) atoms. The van der Waals surface area contributed by atoms with Crippen LogP contribution in [0.1, 0.15) is 20.7 Å². The van der Waals surface area contributed by atoms with Crippen LogP contribution < -0.4 is 5.73 Å². The number of aromatic nitrogens is 2. The molecule has 5 rings (SSSR count). The second kappa shape index (κ2) is 7.69. The second-order valence-corrected chi connectivity index (χ2v) is 7.53. The maximum absolute atomic E-state index is 14.4. The molecule has 3 heterocycles. The fourth-order valence-corrected chi connectivity index (χ4v) is 4.00. The third-order valence-electron chi connectivity index (χ3n) is 5.58. The Kier molecular flexibility index (Phi) is 4.82. The van der Waals surface area contributed by atoms with Crippen LogP contribution in [0.3, 0.4) is 0 Å². The van der Waals surface area contributed by atoms with E-state index in [0.717, 1.165) is 12.1 Å². The van der Waals surface area contributed by atoms with Crippen LogP contribution in [0.25, 0.3) is 33.2 Å². The van der Waals surface area contributed by atoms with E-state index in [0.29, 0.717) is 53.8 Å². The lowest BCUT2D eigenvalue weighted by Crippen LogP contribution is -2.40. The van der Waals surface area contributed by atoms with Crippen LogP contribution in [0.4, 0.5) is 8.78 Å². The van der Waals surface area contributed by atoms with Gasteiger partial charge in [-0.05, 0) is 36.4 Å². The SMILES string of the molecule is NC(=O)c1cc(-c2c(F)cccc2F)nc2c1[nH]c1cc(C(=O)N3CCOCC3)ccc12. The lowest BCUT2D eigenvalue weighted by molar-refractivity contribution is 0.0303. The average molecular weight is 436 g/mol. The van der Waals surface area contributed by atoms with Crippen molar-refractivity contribution in [1.29, 1.82) is 0 Å². The predicted molar refractivity (Wildman–Crippen MR) is 114 cm³/mol. The summed E-state index contributed by atoms with van der Waals surface area (Å²) >= 11 is 0. The largest absolute Gasteiger partial charge is 0.378 e. The third kappa shape index (κ3) is 3.27. The molecule has 1 saturated heterocycles. The molecule has 7 nitrogen and oxygen atoms in total. The molecule has 0 spiro atoms. The van der Waals surface area contributed by atoms with Crippen molar-refractivity contribution in [2.45, 2.75) is 0 Å². The van der Waals surface area contributed by atoms with Crippen LogP contribution >= 0.6 is 0 Å². The van der Waals surface area contributed by atoms with Gasteiger partial charge in [0.2, 0.25) is 0 Å². The quantitative estimate of drug-likeness (QED) is 0.515. The smallest absolute Gasteiger partial charge is 0.254 e. The van der Waals surface area contributed by atoms with Gasteiger partial charge in [0.05, 0.1) is 41.1 Å². The molecule has 2 amide bonds. The first-order chi connectivity index (χ1) is 15.4. The molecule has 0 radical (unpaired) electrons. The molecule has 0 atom stereocenters. The zero-order chi connectivity index (χ0) is 22.4. The van der Waals surface area contributed by atoms with Gasteiger partial charge >= 0.3 is 0 Å². The maximum Gasteiger partial charge on any atom is 0.254 e. The van der Waals surface area contributed by atoms with E-state index in [1.807, 2.05) is 0 Å². The number of nitrogens with two attached hydrogens (primary N) is 1. The topological polar surface area (TPSA) is 101 Å². The van der Waals surface area contributed by atoms with Crippen molar-refractivity contribution in [3.63, 3.8) is 0 Å². The van der Waals surface area contributed by atoms with Crippen molar-refractivity contribution >= 4 is 33.8 Å². The lowest BCUT2D eigenvalue weighted by atomic mass is 10.1. The second-order valence-electron chi connectivity index (χ2n) is 7.53. The fourth-order valence-electron chi connectivity index (χ4n) is 4.00. The van der Waals surface area contributed by atoms with Crippen LogP contribution in [0.15, 0.2) is 42.5 Å². The molecule has 1 fully saturated rings. The van der Waals surface area contributed by atoms with Gasteiger partial charge in [-0.1, -0.05) is 6.07 Å². The molecule has 0 saturated carbocycles. The number of benzene rings is 2. The Morgan fingerprint density at radius 2 is 1.78 bits per heavy atom. The number of fused-ring (bicyclic) bond motifs is 3. The number of nitrogens with one attached hydrogen (secondary N) is 1. The molecular formula is C23H18F2N4O3. The van der Waals surface area contributed by atoms with Crippen molar-refractivity contribution < 1.29 is 23.1 Å². The predicted octanol–water partition coefficient (Wildman–Crippen LogP) is 3.23. The number of aromatic amines is 1. The number of ether oxygens (including phenoxy) is 1. The average Bonchev–Trinajstić information content (AvgIpc) is 3.16. The molecule has 162 valence electrons. The summed E-state index contributed by atoms with van der Waals surface area (Å²) in [5, 5.41) is 0.597. The number of pyridine rings is 1. The van der Waals surface area contributed by atoms with E-state index < -0.39 is 17.5 Å². The van der Waals surface area contributed by atoms with Crippen molar-refractivity contribution in [3.05, 3.63) is 65.2 Å². The molecular weight excluding hydrogens is 418 g/mol. The highest BCUT2D eigenvalue weighted by Gasteiger charge is 2.22. The number of hydrogen-bond acceptors (Lipinski definition) is 4. The summed E-state index contributed by atoms with van der Waals surface area (Å²) in [6.45, 7) is 1.99. The van der Waals surface area contributed by atoms with Crippen LogP contribution in [0.5, 0.6) is 0 Å². The van der Waals surface area contributed by atoms with E-state index >= 15 is 0 Å². The van der Waals surface area contributed by atoms with Gasteiger partial charge in [0, 0.05) is 29.6 Å². The van der Waals surface area contributed by atoms with Gasteiger partial charge in [-0.3, -0.25) is 9.59 Å². The Hall–Kier alpha value is -3.85. The van der Waals surface area contributed by atoms with E-state index in [2.05, 4.69) is 9.97 Å². The Morgan fingerprint density at radius 1 is 1.06 bits per heavy atom. The molecule has 1 aliphatic heterocycles. The number of H-pyrrole nitrogens is 1. The molecule has 2 aromatic carbocycles. The Bertz CT molecular complexity index is 1370. The number of primary amides is 1. The van der Waals surface area contributed by atoms with Crippen molar-refractivity contribution in [1.82, 2.24) is 14.9 Å². The summed E-state index contributed by atoms with van der Waals surface area (Å²) in [5.41, 5.74) is 6.90. The summed E-state index contributed by atoms with van der Waals surface area (Å²) in [6.07, 6.45) is 0. The van der Waals surface area contributed by atoms with Gasteiger partial charge in [-0.15, -0.1) is 0 Å². The van der Waals surface area contributed by atoms with E-state index in [-0.39, 0.29) is 22.7 Å². The highest BCUT2D eigenvalue weighted by Crippen LogP contribution is 2.32. The third-order valence-corrected chi connectivity index (χ3v) is 5.58. The summed E-state index contributed by atoms with van der Waals surface area (Å²) in [4.78, 5) is 34.2. The Balaban J connectivity index is 1.69. The Labute approximate surface area is 180 Å². The van der Waals surface area contributed by atoms with Crippen LogP contribution in [0, 0.1) is 11.6 Å². The maximum atomic E-state index is 14.4. The zero-order valence-electron chi connectivity index (χ0n) is 16.8. The van der Waals surface area contributed by atoms with Crippen molar-refractivity contribution in [2.75, 3.05) is 26.3 Å². The zero-order valence-corrected chi connectivity index (χ0v) is 16.8. The van der Waals surface area contributed by atoms with Gasteiger partial charge < -0.3 is 20.4 Å². The van der Waals surface area contributed by atoms with Crippen LogP contribution in [0.2, 0.25) is 0 Å². The van der Waals surface area contributed by atoms with Gasteiger partial charge in [0.25, 0.3) is 11.8 Å². The molecule has 9 heteroatoms. The van der Waals surface area contributed by atoms with Gasteiger partial charge in [0.1, 0.15) is 11.6 Å². The molecule has 0 bridgehead atoms. The first kappa shape index (κ1) is 20.1. The van der Waals surface area contributed by atoms with Crippen LogP contribution in [-0.4, -0.2) is 53.0 Å². The molecule has 3 N–H and O–H groups in total. The first-order valence-corrected chi connectivity index (χ1v) is 10.0. The monoisotopic (exact) mass is 436 g/mol. The van der Waals surface area contributed by atoms with E-state index in [1.54, 1.807) is 23.1 Å². The molecule has 4 aromatic rings. The number of rotatable bonds is 3. The fraction of sp³-hybridized carbons (Fsp3) is 0.174. The summed E-state index contributed by atoms with van der Waals surface area (Å²) in [5.74, 6) is -2.51. The number of hydrogen-bond donors (Lipinski definition) is 2. The summed E-state index contributed by atoms with van der Waals surface area (Å²) in [7, 11) is 0. The molecule has 1 aliphatic rings. The first-order valence-electron chi connectivity index (χ1n) is 10.0. The molecule has 2 aromatic heterocycles. The minimum atomic E-state index is -0.800. The number of halogens is 2. The van der Waals surface area contributed by atoms with Gasteiger partial charge in [0.15, 0.2) is 0 Å². The number of carbonyl (C=O) groups excluding carboxylic acids is 2. The number of amides is 2. The van der Waals surface area contributed by atoms with Gasteiger partial charge in [-0.25, -0.2) is 13.8 Å². The summed E-state index contributed by atoms with van der Waals surface area (Å²) < 4.78 is 34.0. The van der Waals surface area contributed by atoms with E-state index in [1.165, 1.54) is 12.1 Å². The number of carbonyl (C=O) groups is 2. The highest BCUT2D eigenvalue weighted by atomic mass is 19.1. The molecule has 0 aliphatic carbocycles. The van der Waals surface area contributed by atoms with E-state index in [9.17, 15) is 18.4 Å². The lowest BCUT2D eigenvalue weighted by Gasteiger charge is -2.26. The van der Waals surface area contributed by atoms with Crippen molar-refractivity contribution in [3.8, 4) is 11.3 Å². The van der Waals surface area contributed by atoms with Crippen LogP contribution in [-0.2, 0) is 4.74 Å². The standard InChI is InChI=1S/C23H18F2N4O3/c24-15-2-1-3-16(25)19(15)18-11-14(22(26)30)21-20(28-18)13-5-4-12(10-17(13)27-21)23(31)29-6-8-32-9-7-29/h1-5,10-11,27H,6-9H2,(H2,26,30). The molecule has 0 unspecified atom stereocenters. The summed E-state index contributed by atoms with van der Waals surface area (Å²) in [6, 6.07) is 9.78. The van der Waals surface area contributed by atoms with Crippen molar-refractivity contribution in [2.24, 2.45) is 5.73 Å². The number of nitrogens with zero attached hydrogens (tertiary/aromatic N) is 2. The minimum Gasteiger partial charge on any atom is -0.378 e. The highest BCUT2D eigenvalue weighted by molar-refractivity contribution is 6.14.